The van der Waals surface area contributed by atoms with Crippen molar-refractivity contribution < 1.29 is 13.2 Å². The normalized spacial score (nSPS) is 16.3. The van der Waals surface area contributed by atoms with E-state index < -0.39 is 10.0 Å². The minimum Gasteiger partial charge on any atom is -0.349 e. The lowest BCUT2D eigenvalue weighted by molar-refractivity contribution is 0.0924. The summed E-state index contributed by atoms with van der Waals surface area (Å²) in [4.78, 5) is 12.7. The highest BCUT2D eigenvalue weighted by molar-refractivity contribution is 7.89. The lowest BCUT2D eigenvalue weighted by Crippen LogP contribution is -2.46. The fourth-order valence-electron chi connectivity index (χ4n) is 3.26. The summed E-state index contributed by atoms with van der Waals surface area (Å²) < 4.78 is 27.5. The number of nitrogens with one attached hydrogen (secondary N) is 1. The molecule has 0 radical (unpaired) electrons. The Morgan fingerprint density at radius 1 is 1.11 bits per heavy atom. The monoisotopic (exact) mass is 406 g/mol. The van der Waals surface area contributed by atoms with Crippen LogP contribution >= 0.6 is 11.6 Å². The quantitative estimate of drug-likeness (QED) is 0.844. The molecule has 1 aliphatic rings. The van der Waals surface area contributed by atoms with Crippen molar-refractivity contribution in [3.8, 4) is 0 Å². The lowest BCUT2D eigenvalue weighted by atomic mass is 10.1. The summed E-state index contributed by atoms with van der Waals surface area (Å²) in [5.74, 6) is -0.187. The second-order valence-corrected chi connectivity index (χ2v) is 9.27. The highest BCUT2D eigenvalue weighted by Gasteiger charge is 2.31. The van der Waals surface area contributed by atoms with Crippen molar-refractivity contribution in [3.05, 3.63) is 64.2 Å². The minimum atomic E-state index is -3.52. The Labute approximate surface area is 165 Å². The molecule has 1 aliphatic heterocycles. The van der Waals surface area contributed by atoms with E-state index in [0.29, 0.717) is 41.4 Å². The molecule has 1 saturated heterocycles. The largest absolute Gasteiger partial charge is 0.349 e. The number of nitrogens with zero attached hydrogens (tertiary/aromatic N) is 1. The molecule has 0 aromatic heterocycles. The van der Waals surface area contributed by atoms with Gasteiger partial charge < -0.3 is 5.32 Å². The van der Waals surface area contributed by atoms with Gasteiger partial charge in [0.1, 0.15) is 0 Å². The van der Waals surface area contributed by atoms with Crippen LogP contribution in [-0.2, 0) is 10.0 Å². The molecular formula is C20H23ClN2O3S. The number of hydrogen-bond acceptors (Lipinski definition) is 3. The van der Waals surface area contributed by atoms with Crippen LogP contribution in [0.3, 0.4) is 0 Å². The van der Waals surface area contributed by atoms with Gasteiger partial charge in [0.25, 0.3) is 5.91 Å². The summed E-state index contributed by atoms with van der Waals surface area (Å²) in [6.45, 7) is 4.47. The van der Waals surface area contributed by atoms with Gasteiger partial charge in [-0.2, -0.15) is 4.31 Å². The summed E-state index contributed by atoms with van der Waals surface area (Å²) >= 11 is 5.93. The first kappa shape index (κ1) is 19.9. The van der Waals surface area contributed by atoms with Gasteiger partial charge in [-0.25, -0.2) is 8.42 Å². The lowest BCUT2D eigenvalue weighted by Gasteiger charge is -2.32. The molecule has 0 atom stereocenters. The summed E-state index contributed by atoms with van der Waals surface area (Å²) in [6, 6.07) is 12.2. The van der Waals surface area contributed by atoms with Crippen LogP contribution in [0.1, 0.15) is 34.3 Å². The Kier molecular flexibility index (Phi) is 5.89. The molecule has 144 valence electrons. The third kappa shape index (κ3) is 4.51. The van der Waals surface area contributed by atoms with Gasteiger partial charge in [-0.3, -0.25) is 4.79 Å². The van der Waals surface area contributed by atoms with Crippen molar-refractivity contribution in [2.75, 3.05) is 13.1 Å². The van der Waals surface area contributed by atoms with Crippen molar-refractivity contribution in [1.82, 2.24) is 9.62 Å². The number of sulfonamides is 1. The van der Waals surface area contributed by atoms with Crippen LogP contribution in [0, 0.1) is 13.8 Å². The van der Waals surface area contributed by atoms with Crippen molar-refractivity contribution in [1.29, 1.82) is 0 Å². The first-order chi connectivity index (χ1) is 12.8. The molecule has 3 rings (SSSR count). The molecule has 7 heteroatoms. The van der Waals surface area contributed by atoms with Gasteiger partial charge in [0.05, 0.1) is 4.90 Å². The fourth-order valence-corrected chi connectivity index (χ4v) is 5.23. The van der Waals surface area contributed by atoms with E-state index in [2.05, 4.69) is 5.32 Å². The maximum absolute atomic E-state index is 13.0. The zero-order chi connectivity index (χ0) is 19.6. The maximum atomic E-state index is 13.0. The zero-order valence-electron chi connectivity index (χ0n) is 15.4. The molecule has 0 saturated carbocycles. The van der Waals surface area contributed by atoms with Gasteiger partial charge in [-0.1, -0.05) is 29.8 Å². The Balaban J connectivity index is 1.65. The number of hydrogen-bond donors (Lipinski definition) is 1. The smallest absolute Gasteiger partial charge is 0.251 e. The van der Waals surface area contributed by atoms with E-state index in [-0.39, 0.29) is 11.9 Å². The van der Waals surface area contributed by atoms with Gasteiger partial charge >= 0.3 is 0 Å². The maximum Gasteiger partial charge on any atom is 0.251 e. The molecule has 2 aromatic carbocycles. The van der Waals surface area contributed by atoms with E-state index in [1.165, 1.54) is 4.31 Å². The summed E-state index contributed by atoms with van der Waals surface area (Å²) in [5.41, 5.74) is 2.17. The number of carbonyl (C=O) groups excluding carboxylic acids is 1. The molecule has 0 aliphatic carbocycles. The number of rotatable bonds is 4. The van der Waals surface area contributed by atoms with E-state index in [4.69, 9.17) is 11.6 Å². The molecule has 1 N–H and O–H groups in total. The van der Waals surface area contributed by atoms with Crippen molar-refractivity contribution in [3.63, 3.8) is 0 Å². The van der Waals surface area contributed by atoms with E-state index in [9.17, 15) is 13.2 Å². The van der Waals surface area contributed by atoms with Gasteiger partial charge in [0, 0.05) is 29.7 Å². The molecule has 1 heterocycles. The van der Waals surface area contributed by atoms with Crippen LogP contribution in [0.4, 0.5) is 0 Å². The average Bonchev–Trinajstić information content (AvgIpc) is 2.64. The van der Waals surface area contributed by atoms with Crippen LogP contribution in [-0.4, -0.2) is 37.8 Å². The SMILES string of the molecule is Cc1ccc(C)c(S(=O)(=O)N2CCC(NC(=O)c3cccc(Cl)c3)CC2)c1. The van der Waals surface area contributed by atoms with Crippen molar-refractivity contribution in [2.24, 2.45) is 0 Å². The van der Waals surface area contributed by atoms with Gasteiger partial charge in [0.2, 0.25) is 10.0 Å². The Morgan fingerprint density at radius 3 is 2.48 bits per heavy atom. The highest BCUT2D eigenvalue weighted by Crippen LogP contribution is 2.24. The predicted octanol–water partition coefficient (Wildman–Crippen LogP) is 3.54. The summed E-state index contributed by atoms with van der Waals surface area (Å²) in [5, 5.41) is 3.49. The first-order valence-electron chi connectivity index (χ1n) is 8.91. The van der Waals surface area contributed by atoms with Crippen LogP contribution in [0.25, 0.3) is 0 Å². The molecule has 2 aromatic rings. The second kappa shape index (κ2) is 8.00. The third-order valence-corrected chi connectivity index (χ3v) is 7.11. The van der Waals surface area contributed by atoms with Crippen LogP contribution in [0.2, 0.25) is 5.02 Å². The highest BCUT2D eigenvalue weighted by atomic mass is 35.5. The molecule has 1 amide bonds. The number of aryl methyl sites for hydroxylation is 2. The number of piperidine rings is 1. The van der Waals surface area contributed by atoms with E-state index in [1.807, 2.05) is 26.0 Å². The van der Waals surface area contributed by atoms with Crippen LogP contribution in [0.5, 0.6) is 0 Å². The van der Waals surface area contributed by atoms with Gasteiger partial charge in [-0.15, -0.1) is 0 Å². The van der Waals surface area contributed by atoms with E-state index in [0.717, 1.165) is 11.1 Å². The average molecular weight is 407 g/mol. The Bertz CT molecular complexity index is 951. The second-order valence-electron chi connectivity index (χ2n) is 6.93. The topological polar surface area (TPSA) is 66.5 Å². The Hall–Kier alpha value is -1.89. The molecule has 0 unspecified atom stereocenters. The molecule has 5 nitrogen and oxygen atoms in total. The van der Waals surface area contributed by atoms with Gasteiger partial charge in [-0.05, 0) is 62.1 Å². The van der Waals surface area contributed by atoms with Crippen molar-refractivity contribution in [2.45, 2.75) is 37.6 Å². The molecule has 0 bridgehead atoms. The molecule has 1 fully saturated rings. The minimum absolute atomic E-state index is 0.0541. The molecular weight excluding hydrogens is 384 g/mol. The fraction of sp³-hybridized carbons (Fsp3) is 0.350. The van der Waals surface area contributed by atoms with Crippen LogP contribution < -0.4 is 5.32 Å². The van der Waals surface area contributed by atoms with Crippen molar-refractivity contribution >= 4 is 27.5 Å². The summed E-state index contributed by atoms with van der Waals surface area (Å²) in [7, 11) is -3.52. The van der Waals surface area contributed by atoms with Crippen LogP contribution in [0.15, 0.2) is 47.4 Å². The summed E-state index contributed by atoms with van der Waals surface area (Å²) in [6.07, 6.45) is 1.16. The van der Waals surface area contributed by atoms with Gasteiger partial charge in [0.15, 0.2) is 0 Å². The molecule has 0 spiro atoms. The van der Waals surface area contributed by atoms with E-state index in [1.54, 1.807) is 30.3 Å². The number of amides is 1. The van der Waals surface area contributed by atoms with E-state index >= 15 is 0 Å². The Morgan fingerprint density at radius 2 is 1.81 bits per heavy atom. The number of carbonyl (C=O) groups is 1. The predicted molar refractivity (Wildman–Crippen MR) is 107 cm³/mol. The number of halogens is 1. The first-order valence-corrected chi connectivity index (χ1v) is 10.7. The number of benzene rings is 2. The molecule has 27 heavy (non-hydrogen) atoms. The third-order valence-electron chi connectivity index (χ3n) is 4.84. The standard InChI is InChI=1S/C20H23ClN2O3S/c1-14-6-7-15(2)19(12-14)27(25,26)23-10-8-18(9-11-23)22-20(24)16-4-3-5-17(21)13-16/h3-7,12-13,18H,8-11H2,1-2H3,(H,22,24). The zero-order valence-corrected chi connectivity index (χ0v) is 17.0.